The highest BCUT2D eigenvalue weighted by Crippen LogP contribution is 2.26. The molecule has 0 saturated heterocycles. The predicted molar refractivity (Wildman–Crippen MR) is 214 cm³/mol. The van der Waals surface area contributed by atoms with Crippen molar-refractivity contribution in [1.82, 2.24) is 20.6 Å². The van der Waals surface area contributed by atoms with Gasteiger partial charge in [-0.2, -0.15) is 0 Å². The molecule has 0 aliphatic heterocycles. The van der Waals surface area contributed by atoms with Crippen molar-refractivity contribution in [3.63, 3.8) is 0 Å². The molecular formula is C38H51ClN10O6. The molecule has 2 amide bonds. The second kappa shape index (κ2) is 21.2. The van der Waals surface area contributed by atoms with Crippen molar-refractivity contribution in [3.8, 4) is 0 Å². The molecule has 1 aromatic heterocycles. The lowest BCUT2D eigenvalue weighted by molar-refractivity contribution is -0.117. The number of guanidine groups is 1. The van der Waals surface area contributed by atoms with Crippen LogP contribution in [0, 0.1) is 0 Å². The number of unbranched alkanes of at least 4 members (excludes halogenated alkanes) is 1. The van der Waals surface area contributed by atoms with Crippen molar-refractivity contribution >= 4 is 57.5 Å². The number of anilines is 3. The van der Waals surface area contributed by atoms with E-state index in [1.165, 1.54) is 0 Å². The Labute approximate surface area is 324 Å². The molecule has 17 heteroatoms. The number of fused-ring (bicyclic) bond motifs is 1. The summed E-state index contributed by atoms with van der Waals surface area (Å²) in [7, 11) is 0. The van der Waals surface area contributed by atoms with Crippen LogP contribution in [0.3, 0.4) is 0 Å². The summed E-state index contributed by atoms with van der Waals surface area (Å²) in [6.45, 7) is 0.922. The van der Waals surface area contributed by atoms with Crippen LogP contribution in [0.15, 0.2) is 65.7 Å². The molecule has 0 saturated carbocycles. The van der Waals surface area contributed by atoms with Crippen LogP contribution in [-0.4, -0.2) is 98.8 Å². The fourth-order valence-electron chi connectivity index (χ4n) is 5.92. The van der Waals surface area contributed by atoms with E-state index in [2.05, 4.69) is 43.0 Å². The standard InChI is InChI=1S/C38H51ClN10O6/c39-33-35(42)48-34(41)31(47-33)37(55)49-38(43)45-18-4-3-7-23-12-13-24(27-9-2-1-8-26(23)27)20-28(40)36(54)46-25-14-10-22(11-15-25)6-5-17-44-19-16-29(51)32(53)30(52)21-50/h1-2,8-15,28-30,32,44,50-53H,3-7,16-21,40H2,(H,46,54)(H4,41,42,48)(H3,43,45,49,55)/t28-,29+,30+,32-/m0/s1. The molecule has 0 unspecified atom stereocenters. The van der Waals surface area contributed by atoms with Gasteiger partial charge in [-0.1, -0.05) is 60.1 Å². The van der Waals surface area contributed by atoms with Crippen molar-refractivity contribution in [2.24, 2.45) is 16.5 Å². The van der Waals surface area contributed by atoms with Crippen molar-refractivity contribution in [2.75, 3.05) is 43.0 Å². The fraction of sp³-hybridized carbons (Fsp3) is 0.395. The third-order valence-corrected chi connectivity index (χ3v) is 9.29. The number of nitrogens with one attached hydrogen (secondary N) is 3. The molecule has 1 heterocycles. The number of hydrogen-bond acceptors (Lipinski definition) is 13. The predicted octanol–water partition coefficient (Wildman–Crippen LogP) is 1.01. The third-order valence-electron chi connectivity index (χ3n) is 9.01. The van der Waals surface area contributed by atoms with E-state index in [4.69, 9.17) is 39.6 Å². The Morgan fingerprint density at radius 3 is 2.24 bits per heavy atom. The number of aryl methyl sites for hydroxylation is 2. The summed E-state index contributed by atoms with van der Waals surface area (Å²) in [5.41, 5.74) is 27.2. The summed E-state index contributed by atoms with van der Waals surface area (Å²) in [6.07, 6.45) is 0.665. The maximum absolute atomic E-state index is 13.1. The number of rotatable bonds is 20. The fourth-order valence-corrected chi connectivity index (χ4v) is 6.04. The van der Waals surface area contributed by atoms with Gasteiger partial charge in [-0.3, -0.25) is 19.9 Å². The molecule has 0 spiro atoms. The van der Waals surface area contributed by atoms with Crippen LogP contribution in [0.1, 0.15) is 52.9 Å². The number of aliphatic hydroxyl groups is 4. The zero-order valence-electron chi connectivity index (χ0n) is 30.5. The second-order valence-corrected chi connectivity index (χ2v) is 13.5. The molecule has 16 nitrogen and oxygen atoms in total. The van der Waals surface area contributed by atoms with E-state index in [0.29, 0.717) is 38.2 Å². The summed E-state index contributed by atoms with van der Waals surface area (Å²) in [6, 6.07) is 19.0. The highest BCUT2D eigenvalue weighted by Gasteiger charge is 2.23. The topological polar surface area (TPSA) is 293 Å². The van der Waals surface area contributed by atoms with Crippen LogP contribution in [0.4, 0.5) is 17.3 Å². The van der Waals surface area contributed by atoms with Gasteiger partial charge in [0.2, 0.25) is 5.91 Å². The first-order valence-corrected chi connectivity index (χ1v) is 18.5. The van der Waals surface area contributed by atoms with E-state index in [-0.39, 0.29) is 40.8 Å². The zero-order chi connectivity index (χ0) is 39.9. The van der Waals surface area contributed by atoms with Crippen LogP contribution < -0.4 is 38.9 Å². The normalized spacial score (nSPS) is 14.0. The first kappa shape index (κ1) is 42.8. The molecule has 3 aromatic carbocycles. The molecule has 15 N–H and O–H groups in total. The van der Waals surface area contributed by atoms with Crippen LogP contribution >= 0.6 is 11.6 Å². The maximum atomic E-state index is 13.1. The monoisotopic (exact) mass is 778 g/mol. The molecule has 0 bridgehead atoms. The van der Waals surface area contributed by atoms with Crippen molar-refractivity contribution in [1.29, 1.82) is 0 Å². The van der Waals surface area contributed by atoms with E-state index in [9.17, 15) is 24.9 Å². The smallest absolute Gasteiger partial charge is 0.280 e. The van der Waals surface area contributed by atoms with Gasteiger partial charge in [0.15, 0.2) is 28.4 Å². The number of aliphatic imine (C=N–C) groups is 1. The van der Waals surface area contributed by atoms with E-state index in [1.54, 1.807) is 0 Å². The SMILES string of the molecule is NC(=NCCCCc1ccc(C[C@H](N)C(=O)Nc2ccc(CCCNCC[C@@H](O)[C@H](O)[C@H](O)CO)cc2)c2ccccc12)NC(=O)c1nc(Cl)c(N)nc1N. The number of carbonyl (C=O) groups excluding carboxylic acids is 2. The van der Waals surface area contributed by atoms with Crippen LogP contribution in [0.2, 0.25) is 5.15 Å². The van der Waals surface area contributed by atoms with Gasteiger partial charge >= 0.3 is 0 Å². The Hall–Kier alpha value is -4.94. The van der Waals surface area contributed by atoms with Crippen LogP contribution in [-0.2, 0) is 24.1 Å². The van der Waals surface area contributed by atoms with E-state index < -0.39 is 36.9 Å². The van der Waals surface area contributed by atoms with Crippen molar-refractivity contribution < 1.29 is 30.0 Å². The van der Waals surface area contributed by atoms with Crippen LogP contribution in [0.5, 0.6) is 0 Å². The van der Waals surface area contributed by atoms with Crippen molar-refractivity contribution in [3.05, 3.63) is 88.2 Å². The number of nitrogens with two attached hydrogens (primary N) is 4. The van der Waals surface area contributed by atoms with E-state index in [0.717, 1.165) is 53.1 Å². The zero-order valence-corrected chi connectivity index (χ0v) is 31.3. The van der Waals surface area contributed by atoms with Gasteiger partial charge in [-0.05, 0) is 97.6 Å². The minimum atomic E-state index is -1.39. The molecule has 0 aliphatic carbocycles. The molecular weight excluding hydrogens is 728 g/mol. The summed E-state index contributed by atoms with van der Waals surface area (Å²) in [5.74, 6) is -1.32. The van der Waals surface area contributed by atoms with Crippen LogP contribution in [0.25, 0.3) is 10.8 Å². The molecule has 0 radical (unpaired) electrons. The number of nitrogens with zero attached hydrogens (tertiary/aromatic N) is 3. The Bertz CT molecular complexity index is 1920. The summed E-state index contributed by atoms with van der Waals surface area (Å²) >= 11 is 5.85. The first-order valence-electron chi connectivity index (χ1n) is 18.1. The van der Waals surface area contributed by atoms with Gasteiger partial charge in [0.1, 0.15) is 12.2 Å². The Kier molecular flexibility index (Phi) is 16.5. The lowest BCUT2D eigenvalue weighted by atomic mass is 9.93. The number of aliphatic hydroxyl groups excluding tert-OH is 4. The molecule has 0 fully saturated rings. The Balaban J connectivity index is 1.20. The molecule has 296 valence electrons. The number of nitrogen functional groups attached to an aromatic ring is 2. The third kappa shape index (κ3) is 12.8. The minimum Gasteiger partial charge on any atom is -0.394 e. The highest BCUT2D eigenvalue weighted by molar-refractivity contribution is 6.31. The van der Waals surface area contributed by atoms with E-state index in [1.807, 2.05) is 48.5 Å². The number of halogens is 1. The summed E-state index contributed by atoms with van der Waals surface area (Å²) in [4.78, 5) is 37.4. The number of benzene rings is 3. The van der Waals surface area contributed by atoms with Gasteiger partial charge in [-0.15, -0.1) is 0 Å². The van der Waals surface area contributed by atoms with Gasteiger partial charge in [0, 0.05) is 12.2 Å². The maximum Gasteiger partial charge on any atom is 0.280 e. The largest absolute Gasteiger partial charge is 0.394 e. The average Bonchev–Trinajstić information content (AvgIpc) is 3.17. The number of hydrogen-bond donors (Lipinski definition) is 11. The quantitative estimate of drug-likeness (QED) is 0.0340. The van der Waals surface area contributed by atoms with Gasteiger partial charge in [0.25, 0.3) is 5.91 Å². The van der Waals surface area contributed by atoms with Gasteiger partial charge < -0.3 is 54.0 Å². The summed E-state index contributed by atoms with van der Waals surface area (Å²) in [5, 5.41) is 48.4. The highest BCUT2D eigenvalue weighted by atomic mass is 35.5. The number of amides is 2. The molecule has 4 rings (SSSR count). The Morgan fingerprint density at radius 1 is 0.836 bits per heavy atom. The van der Waals surface area contributed by atoms with Crippen molar-refractivity contribution in [2.45, 2.75) is 69.3 Å². The number of carbonyl (C=O) groups is 2. The molecule has 0 aliphatic rings. The molecule has 55 heavy (non-hydrogen) atoms. The number of aromatic nitrogens is 2. The Morgan fingerprint density at radius 2 is 1.53 bits per heavy atom. The van der Waals surface area contributed by atoms with Gasteiger partial charge in [0.05, 0.1) is 18.8 Å². The van der Waals surface area contributed by atoms with Gasteiger partial charge in [-0.25, -0.2) is 9.97 Å². The molecule has 4 atom stereocenters. The first-order chi connectivity index (χ1) is 26.4. The second-order valence-electron chi connectivity index (χ2n) is 13.2. The lowest BCUT2D eigenvalue weighted by Crippen LogP contribution is -2.40. The molecule has 4 aromatic rings. The van der Waals surface area contributed by atoms with E-state index >= 15 is 0 Å². The lowest BCUT2D eigenvalue weighted by Gasteiger charge is -2.21. The summed E-state index contributed by atoms with van der Waals surface area (Å²) < 4.78 is 0. The minimum absolute atomic E-state index is 0.0835. The average molecular weight is 779 g/mol.